The number of methoxy groups -OCH3 is 1. The monoisotopic (exact) mass is 297 g/mol. The number of nitrogens with zero attached hydrogens (tertiary/aromatic N) is 4. The zero-order valence-corrected chi connectivity index (χ0v) is 11.9. The Hall–Kier alpha value is -1.73. The van der Waals surface area contributed by atoms with Crippen molar-refractivity contribution in [1.82, 2.24) is 14.5 Å². The molecule has 0 unspecified atom stereocenters. The van der Waals surface area contributed by atoms with Gasteiger partial charge < -0.3 is 10.5 Å². The van der Waals surface area contributed by atoms with Crippen molar-refractivity contribution < 1.29 is 4.74 Å². The maximum Gasteiger partial charge on any atom is 0.181 e. The van der Waals surface area contributed by atoms with E-state index >= 15 is 0 Å². The van der Waals surface area contributed by atoms with Gasteiger partial charge >= 0.3 is 0 Å². The third kappa shape index (κ3) is 3.18. The summed E-state index contributed by atoms with van der Waals surface area (Å²) in [5.41, 5.74) is 6.28. The molecule has 0 saturated heterocycles. The summed E-state index contributed by atoms with van der Waals surface area (Å²) in [5.74, 6) is 1.15. The van der Waals surface area contributed by atoms with Crippen molar-refractivity contribution in [3.63, 3.8) is 0 Å². The van der Waals surface area contributed by atoms with Gasteiger partial charge in [-0.25, -0.2) is 15.0 Å². The van der Waals surface area contributed by atoms with Crippen molar-refractivity contribution >= 4 is 34.2 Å². The van der Waals surface area contributed by atoms with E-state index in [-0.39, 0.29) is 0 Å². The number of aromatic nitrogens is 3. The van der Waals surface area contributed by atoms with Crippen LogP contribution in [0.1, 0.15) is 0 Å². The van der Waals surface area contributed by atoms with Crippen LogP contribution in [0.5, 0.6) is 5.75 Å². The van der Waals surface area contributed by atoms with Crippen molar-refractivity contribution in [2.24, 2.45) is 10.7 Å². The lowest BCUT2D eigenvalue weighted by Crippen LogP contribution is -2.04. The quantitative estimate of drug-likeness (QED) is 0.694. The van der Waals surface area contributed by atoms with Crippen LogP contribution in [0.4, 0.5) is 5.69 Å². The van der Waals surface area contributed by atoms with E-state index in [9.17, 15) is 0 Å². The molecule has 100 valence electrons. The number of aliphatic imine (C=N–C) groups is 1. The molecule has 2 heterocycles. The molecule has 2 aromatic heterocycles. The Balaban J connectivity index is 2.42. The molecular weight excluding hydrogens is 286 g/mol. The minimum atomic E-state index is 0.387. The second kappa shape index (κ2) is 5.94. The van der Waals surface area contributed by atoms with Gasteiger partial charge in [-0.3, -0.25) is 4.57 Å². The Bertz CT molecular complexity index is 613. The second-order valence-electron chi connectivity index (χ2n) is 3.48. The van der Waals surface area contributed by atoms with Gasteiger partial charge in [0.2, 0.25) is 0 Å². The van der Waals surface area contributed by atoms with Gasteiger partial charge in [0.05, 0.1) is 19.0 Å². The third-order valence-corrected chi connectivity index (χ3v) is 2.99. The molecular formula is C11H12ClN5OS. The average Bonchev–Trinajstić information content (AvgIpc) is 2.84. The van der Waals surface area contributed by atoms with Crippen molar-refractivity contribution in [3.05, 3.63) is 29.9 Å². The normalized spacial score (nSPS) is 11.6. The Morgan fingerprint density at radius 3 is 2.89 bits per heavy atom. The Kier molecular flexibility index (Phi) is 4.28. The number of hydrogen-bond acceptors (Lipinski definition) is 5. The lowest BCUT2D eigenvalue weighted by molar-refractivity contribution is 0.411. The predicted molar refractivity (Wildman–Crippen MR) is 77.7 cm³/mol. The molecule has 0 saturated carbocycles. The minimum Gasteiger partial charge on any atom is -0.493 e. The fourth-order valence-electron chi connectivity index (χ4n) is 1.42. The maximum atomic E-state index is 5.78. The molecule has 0 radical (unpaired) electrons. The molecule has 0 aliphatic heterocycles. The van der Waals surface area contributed by atoms with Crippen LogP contribution in [0, 0.1) is 0 Å². The van der Waals surface area contributed by atoms with Crippen molar-refractivity contribution in [3.8, 4) is 11.6 Å². The highest BCUT2D eigenvalue weighted by molar-refractivity contribution is 8.13. The van der Waals surface area contributed by atoms with Crippen LogP contribution in [0.3, 0.4) is 0 Å². The zero-order chi connectivity index (χ0) is 13.8. The van der Waals surface area contributed by atoms with E-state index in [0.29, 0.717) is 27.6 Å². The largest absolute Gasteiger partial charge is 0.493 e. The highest BCUT2D eigenvalue weighted by Gasteiger charge is 2.09. The minimum absolute atomic E-state index is 0.387. The number of amidine groups is 1. The average molecular weight is 298 g/mol. The third-order valence-electron chi connectivity index (χ3n) is 2.28. The summed E-state index contributed by atoms with van der Waals surface area (Å²) < 4.78 is 6.97. The van der Waals surface area contributed by atoms with Gasteiger partial charge in [0.1, 0.15) is 11.5 Å². The highest BCUT2D eigenvalue weighted by atomic mass is 35.5. The van der Waals surface area contributed by atoms with Crippen molar-refractivity contribution in [1.29, 1.82) is 0 Å². The maximum absolute atomic E-state index is 5.78. The molecule has 8 heteroatoms. The molecule has 2 N–H and O–H groups in total. The van der Waals surface area contributed by atoms with Gasteiger partial charge in [0, 0.05) is 12.3 Å². The Morgan fingerprint density at radius 1 is 1.53 bits per heavy atom. The molecule has 0 bridgehead atoms. The van der Waals surface area contributed by atoms with E-state index < -0.39 is 0 Å². The van der Waals surface area contributed by atoms with E-state index in [2.05, 4.69) is 15.0 Å². The summed E-state index contributed by atoms with van der Waals surface area (Å²) in [6, 6.07) is 1.75. The number of ether oxygens (including phenoxy) is 1. The number of pyridine rings is 1. The summed E-state index contributed by atoms with van der Waals surface area (Å²) in [6.45, 7) is 0. The second-order valence-corrected chi connectivity index (χ2v) is 4.69. The van der Waals surface area contributed by atoms with E-state index in [1.807, 2.05) is 6.26 Å². The number of imidazole rings is 1. The molecule has 19 heavy (non-hydrogen) atoms. The van der Waals surface area contributed by atoms with Crippen molar-refractivity contribution in [2.45, 2.75) is 0 Å². The first kappa shape index (κ1) is 13.7. The summed E-state index contributed by atoms with van der Waals surface area (Å²) in [4.78, 5) is 12.4. The smallest absolute Gasteiger partial charge is 0.181 e. The van der Waals surface area contributed by atoms with Gasteiger partial charge in [0.15, 0.2) is 16.7 Å². The number of nitrogens with two attached hydrogens (primary N) is 1. The fraction of sp³-hybridized carbons (Fsp3) is 0.182. The molecule has 0 atom stereocenters. The van der Waals surface area contributed by atoms with Gasteiger partial charge in [-0.05, 0) is 6.26 Å². The van der Waals surface area contributed by atoms with Gasteiger partial charge in [-0.15, -0.1) is 0 Å². The molecule has 0 spiro atoms. The van der Waals surface area contributed by atoms with E-state index in [1.54, 1.807) is 36.5 Å². The van der Waals surface area contributed by atoms with Gasteiger partial charge in [-0.2, -0.15) is 0 Å². The molecule has 2 aromatic rings. The van der Waals surface area contributed by atoms with Crippen LogP contribution < -0.4 is 10.5 Å². The van der Waals surface area contributed by atoms with Crippen LogP contribution in [0.15, 0.2) is 29.8 Å². The van der Waals surface area contributed by atoms with Crippen molar-refractivity contribution in [2.75, 3.05) is 13.4 Å². The first-order valence-corrected chi connectivity index (χ1v) is 6.86. The number of halogens is 1. The number of thioether (sulfide) groups is 1. The molecule has 2 rings (SSSR count). The summed E-state index contributed by atoms with van der Waals surface area (Å²) in [7, 11) is 1.56. The zero-order valence-electron chi connectivity index (χ0n) is 10.4. The molecule has 0 fully saturated rings. The number of hydrogen-bond donors (Lipinski definition) is 1. The summed E-state index contributed by atoms with van der Waals surface area (Å²) in [5, 5.41) is 0.847. The highest BCUT2D eigenvalue weighted by Crippen LogP contribution is 2.26. The topological polar surface area (TPSA) is 78.3 Å². The van der Waals surface area contributed by atoms with Gasteiger partial charge in [0.25, 0.3) is 0 Å². The van der Waals surface area contributed by atoms with Crippen LogP contribution in [0.25, 0.3) is 5.82 Å². The summed E-state index contributed by atoms with van der Waals surface area (Å²) >= 11 is 7.15. The molecule has 6 nitrogen and oxygen atoms in total. The molecule has 0 amide bonds. The predicted octanol–water partition coefficient (Wildman–Crippen LogP) is 2.24. The Morgan fingerprint density at radius 2 is 2.32 bits per heavy atom. The van der Waals surface area contributed by atoms with Gasteiger partial charge in [-0.1, -0.05) is 23.4 Å². The molecule has 0 aliphatic rings. The van der Waals surface area contributed by atoms with Crippen LogP contribution >= 0.6 is 23.4 Å². The first-order valence-electron chi connectivity index (χ1n) is 5.26. The number of rotatable bonds is 3. The molecule has 0 aliphatic carbocycles. The van der Waals surface area contributed by atoms with E-state index in [1.165, 1.54) is 11.8 Å². The van der Waals surface area contributed by atoms with E-state index in [0.717, 1.165) is 0 Å². The van der Waals surface area contributed by atoms with Crippen LogP contribution in [0.2, 0.25) is 5.15 Å². The molecule has 0 aromatic carbocycles. The lowest BCUT2D eigenvalue weighted by Gasteiger charge is -2.08. The standard InChI is InChI=1S/C11H12ClN5OS/c1-18-8-3-7(16-11(13)19-2)4-14-10(8)17-5-9(12)15-6-17/h3-6H,1-2H3,(H2,13,16). The SMILES string of the molecule is COc1cc(N=C(N)SC)cnc1-n1cnc(Cl)c1. The lowest BCUT2D eigenvalue weighted by atomic mass is 10.3. The fourth-order valence-corrected chi connectivity index (χ4v) is 1.77. The van der Waals surface area contributed by atoms with Crippen LogP contribution in [-0.4, -0.2) is 33.1 Å². The Labute approximate surface area is 119 Å². The van der Waals surface area contributed by atoms with E-state index in [4.69, 9.17) is 22.1 Å². The van der Waals surface area contributed by atoms with Crippen LogP contribution in [-0.2, 0) is 0 Å². The summed E-state index contributed by atoms with van der Waals surface area (Å²) in [6.07, 6.45) is 6.66. The first-order chi connectivity index (χ1) is 9.13.